The van der Waals surface area contributed by atoms with Crippen LogP contribution in [-0.4, -0.2) is 0 Å². The standard InChI is InChI=1S/C29H20O/c1-2-10-20(11-3-1)23-13-5-4-12-21(23)18-22-19-28-29(25-15-7-6-14-24(22)25)26-16-8-9-17-27(26)30-28/h1-17,19H,18H2. The fraction of sp³-hybridized carbons (Fsp3) is 0.0345. The Kier molecular flexibility index (Phi) is 3.92. The molecule has 0 radical (unpaired) electrons. The summed E-state index contributed by atoms with van der Waals surface area (Å²) in [6, 6.07) is 38.6. The van der Waals surface area contributed by atoms with Gasteiger partial charge in [0.05, 0.1) is 0 Å². The van der Waals surface area contributed by atoms with Crippen molar-refractivity contribution in [3.63, 3.8) is 0 Å². The van der Waals surface area contributed by atoms with Crippen molar-refractivity contribution in [2.24, 2.45) is 0 Å². The zero-order valence-corrected chi connectivity index (χ0v) is 16.5. The molecular formula is C29H20O. The third kappa shape index (κ3) is 2.71. The van der Waals surface area contributed by atoms with E-state index in [1.165, 1.54) is 43.8 Å². The molecule has 0 N–H and O–H groups in total. The monoisotopic (exact) mass is 384 g/mol. The quantitative estimate of drug-likeness (QED) is 0.301. The van der Waals surface area contributed by atoms with Crippen LogP contribution in [0.1, 0.15) is 11.1 Å². The van der Waals surface area contributed by atoms with E-state index in [0.717, 1.165) is 17.6 Å². The summed E-state index contributed by atoms with van der Waals surface area (Å²) in [6.45, 7) is 0. The van der Waals surface area contributed by atoms with Crippen LogP contribution in [0, 0.1) is 0 Å². The van der Waals surface area contributed by atoms with E-state index >= 15 is 0 Å². The molecule has 0 aliphatic heterocycles. The molecule has 1 aromatic heterocycles. The van der Waals surface area contributed by atoms with Gasteiger partial charge in [-0.1, -0.05) is 97.1 Å². The van der Waals surface area contributed by atoms with Crippen molar-refractivity contribution in [1.82, 2.24) is 0 Å². The van der Waals surface area contributed by atoms with E-state index in [4.69, 9.17) is 4.42 Å². The van der Waals surface area contributed by atoms with Crippen LogP contribution in [0.4, 0.5) is 0 Å². The fourth-order valence-electron chi connectivity index (χ4n) is 4.59. The smallest absolute Gasteiger partial charge is 0.136 e. The summed E-state index contributed by atoms with van der Waals surface area (Å²) in [5, 5.41) is 4.94. The van der Waals surface area contributed by atoms with Gasteiger partial charge in [-0.15, -0.1) is 0 Å². The summed E-state index contributed by atoms with van der Waals surface area (Å²) in [5.41, 5.74) is 7.06. The Morgan fingerprint density at radius 1 is 0.500 bits per heavy atom. The molecule has 0 atom stereocenters. The van der Waals surface area contributed by atoms with Gasteiger partial charge >= 0.3 is 0 Å². The first kappa shape index (κ1) is 17.1. The number of furan rings is 1. The van der Waals surface area contributed by atoms with E-state index in [-0.39, 0.29) is 0 Å². The zero-order chi connectivity index (χ0) is 19.9. The third-order valence-corrected chi connectivity index (χ3v) is 5.95. The van der Waals surface area contributed by atoms with Crippen LogP contribution in [0.25, 0.3) is 43.8 Å². The molecule has 0 aliphatic rings. The number of fused-ring (bicyclic) bond motifs is 5. The maximum absolute atomic E-state index is 6.25. The Morgan fingerprint density at radius 2 is 1.17 bits per heavy atom. The van der Waals surface area contributed by atoms with Crippen LogP contribution in [0.3, 0.4) is 0 Å². The normalized spacial score (nSPS) is 11.5. The number of hydrogen-bond acceptors (Lipinski definition) is 1. The Bertz CT molecular complexity index is 1510. The average Bonchev–Trinajstić information content (AvgIpc) is 3.19. The minimum absolute atomic E-state index is 0.860. The molecule has 1 nitrogen and oxygen atoms in total. The highest BCUT2D eigenvalue weighted by Crippen LogP contribution is 2.37. The van der Waals surface area contributed by atoms with E-state index in [0.29, 0.717) is 0 Å². The molecule has 6 rings (SSSR count). The second kappa shape index (κ2) is 6.89. The Balaban J connectivity index is 1.59. The van der Waals surface area contributed by atoms with Gasteiger partial charge < -0.3 is 4.42 Å². The highest BCUT2D eigenvalue weighted by Gasteiger charge is 2.14. The predicted molar refractivity (Wildman–Crippen MR) is 126 cm³/mol. The molecule has 0 spiro atoms. The first-order chi connectivity index (χ1) is 14.9. The van der Waals surface area contributed by atoms with Crippen LogP contribution >= 0.6 is 0 Å². The van der Waals surface area contributed by atoms with Crippen LogP contribution in [0.2, 0.25) is 0 Å². The van der Waals surface area contributed by atoms with Gasteiger partial charge in [0.25, 0.3) is 0 Å². The molecule has 0 fully saturated rings. The Morgan fingerprint density at radius 3 is 2.03 bits per heavy atom. The highest BCUT2D eigenvalue weighted by molar-refractivity contribution is 6.19. The minimum atomic E-state index is 0.860. The van der Waals surface area contributed by atoms with E-state index in [2.05, 4.69) is 103 Å². The Labute approximate surface area is 175 Å². The molecule has 6 aromatic rings. The van der Waals surface area contributed by atoms with Crippen molar-refractivity contribution in [3.05, 3.63) is 120 Å². The molecule has 0 bridgehead atoms. The number of rotatable bonds is 3. The highest BCUT2D eigenvalue weighted by atomic mass is 16.3. The minimum Gasteiger partial charge on any atom is -0.456 e. The lowest BCUT2D eigenvalue weighted by Crippen LogP contribution is -1.94. The molecule has 0 saturated carbocycles. The maximum atomic E-state index is 6.25. The molecule has 30 heavy (non-hydrogen) atoms. The van der Waals surface area contributed by atoms with Gasteiger partial charge in [0, 0.05) is 10.8 Å². The SMILES string of the molecule is c1ccc(-c2ccccc2Cc2cc3oc4ccccc4c3c3ccccc23)cc1. The topological polar surface area (TPSA) is 13.1 Å². The van der Waals surface area contributed by atoms with Crippen molar-refractivity contribution in [1.29, 1.82) is 0 Å². The van der Waals surface area contributed by atoms with Crippen molar-refractivity contribution in [3.8, 4) is 11.1 Å². The number of hydrogen-bond donors (Lipinski definition) is 0. The largest absolute Gasteiger partial charge is 0.456 e. The van der Waals surface area contributed by atoms with Gasteiger partial charge in [-0.2, -0.15) is 0 Å². The predicted octanol–water partition coefficient (Wildman–Crippen LogP) is 8.00. The van der Waals surface area contributed by atoms with Crippen molar-refractivity contribution in [2.75, 3.05) is 0 Å². The maximum Gasteiger partial charge on any atom is 0.136 e. The van der Waals surface area contributed by atoms with Crippen LogP contribution < -0.4 is 0 Å². The molecule has 0 aliphatic carbocycles. The summed E-state index contributed by atoms with van der Waals surface area (Å²) >= 11 is 0. The number of para-hydroxylation sites is 1. The lowest BCUT2D eigenvalue weighted by atomic mass is 9.91. The molecule has 142 valence electrons. The van der Waals surface area contributed by atoms with Gasteiger partial charge in [0.2, 0.25) is 0 Å². The summed E-state index contributed by atoms with van der Waals surface area (Å²) in [4.78, 5) is 0. The van der Waals surface area contributed by atoms with Gasteiger partial charge in [-0.3, -0.25) is 0 Å². The fourth-order valence-corrected chi connectivity index (χ4v) is 4.59. The molecule has 5 aromatic carbocycles. The first-order valence-electron chi connectivity index (χ1n) is 10.3. The van der Waals surface area contributed by atoms with Crippen molar-refractivity contribution in [2.45, 2.75) is 6.42 Å². The van der Waals surface area contributed by atoms with E-state index in [1.807, 2.05) is 6.07 Å². The molecule has 1 heterocycles. The van der Waals surface area contributed by atoms with Gasteiger partial charge in [-0.05, 0) is 51.6 Å². The molecule has 1 heteroatoms. The van der Waals surface area contributed by atoms with Crippen LogP contribution in [0.5, 0.6) is 0 Å². The van der Waals surface area contributed by atoms with Gasteiger partial charge in [0.1, 0.15) is 11.2 Å². The number of benzene rings is 5. The molecule has 0 saturated heterocycles. The second-order valence-electron chi connectivity index (χ2n) is 7.75. The summed E-state index contributed by atoms with van der Waals surface area (Å²) < 4.78 is 6.25. The zero-order valence-electron chi connectivity index (χ0n) is 16.5. The van der Waals surface area contributed by atoms with Crippen LogP contribution in [-0.2, 0) is 6.42 Å². The van der Waals surface area contributed by atoms with Crippen LogP contribution in [0.15, 0.2) is 114 Å². The molecule has 0 amide bonds. The summed E-state index contributed by atoms with van der Waals surface area (Å²) in [7, 11) is 0. The van der Waals surface area contributed by atoms with Gasteiger partial charge in [-0.25, -0.2) is 0 Å². The average molecular weight is 384 g/mol. The molecular weight excluding hydrogens is 364 g/mol. The van der Waals surface area contributed by atoms with Gasteiger partial charge in [0.15, 0.2) is 0 Å². The lowest BCUT2D eigenvalue weighted by molar-refractivity contribution is 0.668. The van der Waals surface area contributed by atoms with Crippen molar-refractivity contribution < 1.29 is 4.42 Å². The second-order valence-corrected chi connectivity index (χ2v) is 7.75. The lowest BCUT2D eigenvalue weighted by Gasteiger charge is -2.12. The van der Waals surface area contributed by atoms with E-state index in [1.54, 1.807) is 0 Å². The molecule has 0 unspecified atom stereocenters. The first-order valence-corrected chi connectivity index (χ1v) is 10.3. The van der Waals surface area contributed by atoms with Crippen molar-refractivity contribution >= 4 is 32.7 Å². The van der Waals surface area contributed by atoms with E-state index in [9.17, 15) is 0 Å². The third-order valence-electron chi connectivity index (χ3n) is 5.95. The van der Waals surface area contributed by atoms with E-state index < -0.39 is 0 Å². The Hall–Kier alpha value is -3.84. The summed E-state index contributed by atoms with van der Waals surface area (Å²) in [6.07, 6.45) is 0.860. The summed E-state index contributed by atoms with van der Waals surface area (Å²) in [5.74, 6) is 0.